The van der Waals surface area contributed by atoms with Crippen LogP contribution in [0.2, 0.25) is 0 Å². The first kappa shape index (κ1) is 20.5. The molecule has 1 aromatic rings. The number of thiol groups is 1. The summed E-state index contributed by atoms with van der Waals surface area (Å²) in [6, 6.07) is 0. The molecule has 0 atom stereocenters. The Morgan fingerprint density at radius 3 is 2.12 bits per heavy atom. The quantitative estimate of drug-likeness (QED) is 0.647. The summed E-state index contributed by atoms with van der Waals surface area (Å²) in [4.78, 5) is 24.5. The number of esters is 2. The van der Waals surface area contributed by atoms with Crippen molar-refractivity contribution in [1.29, 1.82) is 0 Å². The Labute approximate surface area is 149 Å². The molecule has 0 fully saturated rings. The molecule has 0 radical (unpaired) electrons. The largest absolute Gasteiger partial charge is 0.465 e. The zero-order chi connectivity index (χ0) is 18.7. The molecule has 0 amide bonds. The van der Waals surface area contributed by atoms with Crippen LogP contribution < -0.4 is 0 Å². The molecule has 0 aliphatic carbocycles. The molecule has 0 saturated heterocycles. The molecule has 0 spiro atoms. The Bertz CT molecular complexity index is 644. The van der Waals surface area contributed by atoms with Gasteiger partial charge in [0, 0.05) is 4.90 Å². The monoisotopic (exact) mass is 354 g/mol. The highest BCUT2D eigenvalue weighted by Gasteiger charge is 2.21. The first-order valence-corrected chi connectivity index (χ1v) is 8.13. The average molecular weight is 354 g/mol. The molecule has 0 bridgehead atoms. The Kier molecular flexibility index (Phi) is 6.86. The fourth-order valence-electron chi connectivity index (χ4n) is 2.49. The Morgan fingerprint density at radius 1 is 1.04 bits per heavy atom. The normalized spacial score (nSPS) is 11.3. The van der Waals surface area contributed by atoms with Gasteiger partial charge in [-0.25, -0.2) is 9.59 Å². The highest BCUT2D eigenvalue weighted by Crippen LogP contribution is 2.30. The smallest absolute Gasteiger partial charge is 0.338 e. The van der Waals surface area contributed by atoms with Crippen molar-refractivity contribution in [2.45, 2.75) is 58.6 Å². The number of methoxy groups -OCH3 is 1. The summed E-state index contributed by atoms with van der Waals surface area (Å²) < 4.78 is 15.6. The summed E-state index contributed by atoms with van der Waals surface area (Å²) >= 11 is 4.50. The number of benzene rings is 1. The number of hydrogen-bond donors (Lipinski definition) is 1. The van der Waals surface area contributed by atoms with Crippen molar-refractivity contribution in [3.05, 3.63) is 27.8 Å². The van der Waals surface area contributed by atoms with Crippen molar-refractivity contribution in [3.8, 4) is 0 Å². The lowest BCUT2D eigenvalue weighted by Gasteiger charge is -2.20. The molecule has 0 heterocycles. The van der Waals surface area contributed by atoms with Gasteiger partial charge in [0.15, 0.2) is 0 Å². The predicted octanol–water partition coefficient (Wildman–Crippen LogP) is 3.55. The third-order valence-electron chi connectivity index (χ3n) is 3.64. The highest BCUT2D eigenvalue weighted by atomic mass is 32.1. The van der Waals surface area contributed by atoms with E-state index in [1.807, 2.05) is 20.8 Å². The minimum Gasteiger partial charge on any atom is -0.465 e. The van der Waals surface area contributed by atoms with E-state index in [1.165, 1.54) is 7.11 Å². The van der Waals surface area contributed by atoms with Gasteiger partial charge in [0.25, 0.3) is 0 Å². The second kappa shape index (κ2) is 8.03. The summed E-state index contributed by atoms with van der Waals surface area (Å²) in [6.45, 7) is 11.0. The van der Waals surface area contributed by atoms with Gasteiger partial charge in [-0.1, -0.05) is 0 Å². The van der Waals surface area contributed by atoms with Crippen molar-refractivity contribution >= 4 is 24.6 Å². The molecule has 6 heteroatoms. The molecule has 5 nitrogen and oxygen atoms in total. The molecular formula is C18H26O5S. The molecule has 1 aromatic carbocycles. The van der Waals surface area contributed by atoms with E-state index in [4.69, 9.17) is 14.2 Å². The maximum atomic E-state index is 12.0. The molecule has 1 rings (SSSR count). The lowest BCUT2D eigenvalue weighted by Crippen LogP contribution is -2.26. The van der Waals surface area contributed by atoms with Gasteiger partial charge in [-0.15, -0.1) is 12.6 Å². The minimum absolute atomic E-state index is 0.153. The maximum absolute atomic E-state index is 12.0. The molecule has 0 aromatic heterocycles. The number of ether oxygens (including phenoxy) is 3. The van der Waals surface area contributed by atoms with Crippen molar-refractivity contribution in [2.24, 2.45) is 0 Å². The van der Waals surface area contributed by atoms with E-state index < -0.39 is 17.5 Å². The summed E-state index contributed by atoms with van der Waals surface area (Å²) in [5.41, 5.74) is 3.24. The fourth-order valence-corrected chi connectivity index (χ4v) is 2.73. The third kappa shape index (κ3) is 4.98. The number of hydrogen-bond acceptors (Lipinski definition) is 6. The standard InChI is InChI=1S/C18H26O5S/c1-10-13(8-22-9-14(19)23-18(4,5)6)11(2)16(24)12(3)15(10)17(20)21-7/h24H,8-9H2,1-7H3. The lowest BCUT2D eigenvalue weighted by atomic mass is 9.93. The Hall–Kier alpha value is -1.53. The first-order valence-electron chi connectivity index (χ1n) is 7.69. The summed E-state index contributed by atoms with van der Waals surface area (Å²) in [5, 5.41) is 0. The van der Waals surface area contributed by atoms with Crippen molar-refractivity contribution in [1.82, 2.24) is 0 Å². The van der Waals surface area contributed by atoms with E-state index in [9.17, 15) is 9.59 Å². The maximum Gasteiger partial charge on any atom is 0.338 e. The molecule has 0 aliphatic rings. The molecule has 134 valence electrons. The van der Waals surface area contributed by atoms with E-state index in [-0.39, 0.29) is 13.2 Å². The Morgan fingerprint density at radius 2 is 1.62 bits per heavy atom. The number of carbonyl (C=O) groups is 2. The zero-order valence-corrected chi connectivity index (χ0v) is 16.3. The van der Waals surface area contributed by atoms with Gasteiger partial charge in [-0.3, -0.25) is 0 Å². The van der Waals surface area contributed by atoms with E-state index >= 15 is 0 Å². The third-order valence-corrected chi connectivity index (χ3v) is 4.31. The van der Waals surface area contributed by atoms with Crippen molar-refractivity contribution in [3.63, 3.8) is 0 Å². The van der Waals surface area contributed by atoms with Crippen LogP contribution in [0, 0.1) is 20.8 Å². The van der Waals surface area contributed by atoms with Crippen LogP contribution in [0.1, 0.15) is 53.4 Å². The van der Waals surface area contributed by atoms with E-state index in [0.717, 1.165) is 27.1 Å². The van der Waals surface area contributed by atoms with E-state index in [0.29, 0.717) is 5.56 Å². The summed E-state index contributed by atoms with van der Waals surface area (Å²) in [7, 11) is 1.35. The minimum atomic E-state index is -0.549. The first-order chi connectivity index (χ1) is 11.0. The predicted molar refractivity (Wildman–Crippen MR) is 94.7 cm³/mol. The van der Waals surface area contributed by atoms with Crippen molar-refractivity contribution in [2.75, 3.05) is 13.7 Å². The second-order valence-corrected chi connectivity index (χ2v) is 7.10. The lowest BCUT2D eigenvalue weighted by molar-refractivity contribution is -0.160. The van der Waals surface area contributed by atoms with Crippen LogP contribution >= 0.6 is 12.6 Å². The molecule has 0 aliphatic heterocycles. The van der Waals surface area contributed by atoms with Crippen LogP contribution in [0.25, 0.3) is 0 Å². The van der Waals surface area contributed by atoms with Crippen LogP contribution in [-0.2, 0) is 25.6 Å². The van der Waals surface area contributed by atoms with E-state index in [1.54, 1.807) is 20.8 Å². The Balaban J connectivity index is 2.98. The summed E-state index contributed by atoms with van der Waals surface area (Å²) in [6.07, 6.45) is 0. The van der Waals surface area contributed by atoms with Gasteiger partial charge in [0.05, 0.1) is 19.3 Å². The van der Waals surface area contributed by atoms with Crippen LogP contribution in [0.15, 0.2) is 4.90 Å². The fraction of sp³-hybridized carbons (Fsp3) is 0.556. The number of carbonyl (C=O) groups excluding carboxylic acids is 2. The number of rotatable bonds is 5. The van der Waals surface area contributed by atoms with Crippen LogP contribution in [0.3, 0.4) is 0 Å². The zero-order valence-electron chi connectivity index (χ0n) is 15.4. The van der Waals surface area contributed by atoms with Gasteiger partial charge in [-0.2, -0.15) is 0 Å². The van der Waals surface area contributed by atoms with Gasteiger partial charge in [0.2, 0.25) is 0 Å². The summed E-state index contributed by atoms with van der Waals surface area (Å²) in [5.74, 6) is -0.835. The molecule has 0 unspecified atom stereocenters. The van der Waals surface area contributed by atoms with Gasteiger partial charge in [-0.05, 0) is 63.8 Å². The van der Waals surface area contributed by atoms with Gasteiger partial charge >= 0.3 is 11.9 Å². The average Bonchev–Trinajstić information content (AvgIpc) is 2.46. The van der Waals surface area contributed by atoms with Crippen LogP contribution in [0.4, 0.5) is 0 Å². The topological polar surface area (TPSA) is 61.8 Å². The second-order valence-electron chi connectivity index (χ2n) is 6.65. The van der Waals surface area contributed by atoms with Crippen LogP contribution in [0.5, 0.6) is 0 Å². The van der Waals surface area contributed by atoms with Gasteiger partial charge < -0.3 is 14.2 Å². The molecule has 0 N–H and O–H groups in total. The van der Waals surface area contributed by atoms with E-state index in [2.05, 4.69) is 12.6 Å². The molecular weight excluding hydrogens is 328 g/mol. The SMILES string of the molecule is COC(=O)c1c(C)c(S)c(C)c(COCC(=O)OC(C)(C)C)c1C. The van der Waals surface area contributed by atoms with Gasteiger partial charge in [0.1, 0.15) is 12.2 Å². The molecule has 24 heavy (non-hydrogen) atoms. The van der Waals surface area contributed by atoms with Crippen molar-refractivity contribution < 1.29 is 23.8 Å². The van der Waals surface area contributed by atoms with Crippen LogP contribution in [-0.4, -0.2) is 31.3 Å². The molecule has 0 saturated carbocycles. The highest BCUT2D eigenvalue weighted by molar-refractivity contribution is 7.80.